The monoisotopic (exact) mass is 140 g/mol. The third-order valence-corrected chi connectivity index (χ3v) is 3.49. The normalized spacial score (nSPS) is 44.7. The Balaban J connectivity index is 1.87. The highest BCUT2D eigenvalue weighted by Gasteiger charge is 2.41. The molecule has 3 atom stereocenters. The average molecular weight is 140 g/mol. The van der Waals surface area contributed by atoms with Gasteiger partial charge in [0.05, 0.1) is 0 Å². The standard InChI is InChI=1S/C9H16O/c10-6-5-8-2-1-7-3-4-9(7)8/h7-10H,1-6H2. The van der Waals surface area contributed by atoms with E-state index in [-0.39, 0.29) is 0 Å². The van der Waals surface area contributed by atoms with Crippen LogP contribution in [0.5, 0.6) is 0 Å². The second-order valence-electron chi connectivity index (χ2n) is 3.85. The Morgan fingerprint density at radius 2 is 1.90 bits per heavy atom. The molecule has 0 heterocycles. The van der Waals surface area contributed by atoms with Crippen LogP contribution in [0.25, 0.3) is 0 Å². The fourth-order valence-electron chi connectivity index (χ4n) is 2.74. The Hall–Kier alpha value is -0.0400. The van der Waals surface area contributed by atoms with Crippen LogP contribution in [-0.4, -0.2) is 11.7 Å². The molecular weight excluding hydrogens is 124 g/mol. The first-order chi connectivity index (χ1) is 4.92. The third kappa shape index (κ3) is 0.878. The van der Waals surface area contributed by atoms with E-state index in [1.165, 1.54) is 25.7 Å². The van der Waals surface area contributed by atoms with Gasteiger partial charge in [0.25, 0.3) is 0 Å². The number of aliphatic hydroxyl groups is 1. The van der Waals surface area contributed by atoms with Crippen molar-refractivity contribution in [1.29, 1.82) is 0 Å². The fourth-order valence-corrected chi connectivity index (χ4v) is 2.74. The molecule has 0 saturated heterocycles. The molecule has 58 valence electrons. The number of hydrogen-bond donors (Lipinski definition) is 1. The first-order valence-corrected chi connectivity index (χ1v) is 4.52. The van der Waals surface area contributed by atoms with Crippen LogP contribution in [0, 0.1) is 17.8 Å². The maximum Gasteiger partial charge on any atom is 0.0433 e. The molecule has 0 amide bonds. The highest BCUT2D eigenvalue weighted by atomic mass is 16.3. The highest BCUT2D eigenvalue weighted by molar-refractivity contribution is 4.91. The van der Waals surface area contributed by atoms with Gasteiger partial charge in [0, 0.05) is 6.61 Å². The zero-order valence-electron chi connectivity index (χ0n) is 6.42. The molecule has 2 aliphatic carbocycles. The lowest BCUT2D eigenvalue weighted by Gasteiger charge is -2.33. The van der Waals surface area contributed by atoms with Crippen LogP contribution in [0.3, 0.4) is 0 Å². The molecule has 0 aromatic carbocycles. The summed E-state index contributed by atoms with van der Waals surface area (Å²) in [5, 5.41) is 8.75. The average Bonchev–Trinajstić information content (AvgIpc) is 2.08. The van der Waals surface area contributed by atoms with E-state index in [2.05, 4.69) is 0 Å². The second kappa shape index (κ2) is 2.54. The van der Waals surface area contributed by atoms with Gasteiger partial charge in [-0.2, -0.15) is 0 Å². The Morgan fingerprint density at radius 1 is 1.10 bits per heavy atom. The molecule has 1 nitrogen and oxygen atoms in total. The van der Waals surface area contributed by atoms with E-state index in [9.17, 15) is 0 Å². The van der Waals surface area contributed by atoms with Gasteiger partial charge in [-0.3, -0.25) is 0 Å². The van der Waals surface area contributed by atoms with Crippen LogP contribution in [0.1, 0.15) is 32.1 Å². The lowest BCUT2D eigenvalue weighted by Crippen LogP contribution is -2.25. The van der Waals surface area contributed by atoms with Crippen molar-refractivity contribution in [2.45, 2.75) is 32.1 Å². The largest absolute Gasteiger partial charge is 0.396 e. The van der Waals surface area contributed by atoms with Crippen LogP contribution in [0.15, 0.2) is 0 Å². The molecule has 2 rings (SSSR count). The van der Waals surface area contributed by atoms with E-state index in [0.29, 0.717) is 6.61 Å². The molecule has 10 heavy (non-hydrogen) atoms. The van der Waals surface area contributed by atoms with Gasteiger partial charge in [0.2, 0.25) is 0 Å². The van der Waals surface area contributed by atoms with Crippen molar-refractivity contribution in [3.8, 4) is 0 Å². The zero-order valence-corrected chi connectivity index (χ0v) is 6.42. The van der Waals surface area contributed by atoms with Crippen molar-refractivity contribution in [2.24, 2.45) is 17.8 Å². The predicted molar refractivity (Wildman–Crippen MR) is 40.6 cm³/mol. The van der Waals surface area contributed by atoms with Crippen molar-refractivity contribution in [3.05, 3.63) is 0 Å². The summed E-state index contributed by atoms with van der Waals surface area (Å²) in [6.45, 7) is 0.411. The smallest absolute Gasteiger partial charge is 0.0433 e. The maximum atomic E-state index is 8.75. The van der Waals surface area contributed by atoms with Crippen molar-refractivity contribution in [1.82, 2.24) is 0 Å². The van der Waals surface area contributed by atoms with Crippen molar-refractivity contribution < 1.29 is 5.11 Å². The van der Waals surface area contributed by atoms with Gasteiger partial charge in [-0.15, -0.1) is 0 Å². The number of rotatable bonds is 2. The minimum atomic E-state index is 0.411. The van der Waals surface area contributed by atoms with E-state index in [0.717, 1.165) is 24.2 Å². The second-order valence-corrected chi connectivity index (χ2v) is 3.85. The molecule has 1 heteroatoms. The molecule has 0 aromatic heterocycles. The summed E-state index contributed by atoms with van der Waals surface area (Å²) < 4.78 is 0. The third-order valence-electron chi connectivity index (χ3n) is 3.49. The quantitative estimate of drug-likeness (QED) is 0.620. The van der Waals surface area contributed by atoms with Crippen LogP contribution >= 0.6 is 0 Å². The molecule has 2 fully saturated rings. The first kappa shape index (κ1) is 6.66. The summed E-state index contributed by atoms with van der Waals surface area (Å²) in [6.07, 6.45) is 6.86. The molecule has 0 aliphatic heterocycles. The van der Waals surface area contributed by atoms with Gasteiger partial charge in [-0.1, -0.05) is 0 Å². The number of aliphatic hydroxyl groups excluding tert-OH is 1. The Labute approximate surface area is 62.4 Å². The topological polar surface area (TPSA) is 20.2 Å². The van der Waals surface area contributed by atoms with Crippen LogP contribution in [0.4, 0.5) is 0 Å². The fraction of sp³-hybridized carbons (Fsp3) is 1.00. The SMILES string of the molecule is OCCC1CCC2CCC12. The van der Waals surface area contributed by atoms with Crippen molar-refractivity contribution >= 4 is 0 Å². The summed E-state index contributed by atoms with van der Waals surface area (Å²) in [7, 11) is 0. The maximum absolute atomic E-state index is 8.75. The molecule has 0 aromatic rings. The minimum absolute atomic E-state index is 0.411. The number of hydrogen-bond acceptors (Lipinski definition) is 1. The van der Waals surface area contributed by atoms with Gasteiger partial charge in [-0.05, 0) is 49.9 Å². The summed E-state index contributed by atoms with van der Waals surface area (Å²) in [6, 6.07) is 0. The van der Waals surface area contributed by atoms with E-state index >= 15 is 0 Å². The van der Waals surface area contributed by atoms with Gasteiger partial charge >= 0.3 is 0 Å². The summed E-state index contributed by atoms with van der Waals surface area (Å²) >= 11 is 0. The van der Waals surface area contributed by atoms with E-state index in [4.69, 9.17) is 5.11 Å². The lowest BCUT2D eigenvalue weighted by molar-refractivity contribution is 0.146. The summed E-state index contributed by atoms with van der Waals surface area (Å²) in [5.41, 5.74) is 0. The summed E-state index contributed by atoms with van der Waals surface area (Å²) in [5.74, 6) is 2.98. The lowest BCUT2D eigenvalue weighted by atomic mass is 9.72. The molecule has 3 unspecified atom stereocenters. The van der Waals surface area contributed by atoms with Crippen molar-refractivity contribution in [2.75, 3.05) is 6.61 Å². The van der Waals surface area contributed by atoms with Gasteiger partial charge < -0.3 is 5.11 Å². The van der Waals surface area contributed by atoms with Crippen LogP contribution in [-0.2, 0) is 0 Å². The molecule has 2 aliphatic rings. The zero-order chi connectivity index (χ0) is 6.97. The van der Waals surface area contributed by atoms with E-state index in [1.54, 1.807) is 0 Å². The summed E-state index contributed by atoms with van der Waals surface area (Å²) in [4.78, 5) is 0. The van der Waals surface area contributed by atoms with Crippen LogP contribution < -0.4 is 0 Å². The molecule has 0 bridgehead atoms. The van der Waals surface area contributed by atoms with Gasteiger partial charge in [0.15, 0.2) is 0 Å². The van der Waals surface area contributed by atoms with Crippen molar-refractivity contribution in [3.63, 3.8) is 0 Å². The molecule has 0 radical (unpaired) electrons. The van der Waals surface area contributed by atoms with Gasteiger partial charge in [-0.25, -0.2) is 0 Å². The van der Waals surface area contributed by atoms with E-state index in [1.807, 2.05) is 0 Å². The Kier molecular flexibility index (Phi) is 1.69. The Morgan fingerprint density at radius 3 is 2.40 bits per heavy atom. The number of fused-ring (bicyclic) bond motifs is 1. The van der Waals surface area contributed by atoms with E-state index < -0.39 is 0 Å². The van der Waals surface area contributed by atoms with Gasteiger partial charge in [0.1, 0.15) is 0 Å². The molecule has 2 saturated carbocycles. The highest BCUT2D eigenvalue weighted by Crippen LogP contribution is 2.51. The molecule has 0 spiro atoms. The minimum Gasteiger partial charge on any atom is -0.396 e. The molecular formula is C9H16O. The first-order valence-electron chi connectivity index (χ1n) is 4.52. The molecule has 1 N–H and O–H groups in total. The Bertz CT molecular complexity index is 120. The van der Waals surface area contributed by atoms with Crippen LogP contribution in [0.2, 0.25) is 0 Å². The predicted octanol–water partition coefficient (Wildman–Crippen LogP) is 1.80.